The standard InChI is InChI=1S/C25H32NO4P/c1-2-3-4-5-9-20-12-14-21(15-13-20)23-17-16-22(25-24(23)11-8-18-26-25)10-6-7-19-30-31(27,28)29/h8,11-18H,2-7,9-10,19H2,1H3,(H2,27,28,29). The summed E-state index contributed by atoms with van der Waals surface area (Å²) < 4.78 is 15.3. The van der Waals surface area contributed by atoms with Gasteiger partial charge in [-0.1, -0.05) is 68.7 Å². The first-order valence-corrected chi connectivity index (χ1v) is 12.7. The molecule has 0 aliphatic heterocycles. The van der Waals surface area contributed by atoms with Crippen molar-refractivity contribution in [3.05, 3.63) is 65.9 Å². The van der Waals surface area contributed by atoms with Crippen LogP contribution in [0.4, 0.5) is 0 Å². The molecule has 0 amide bonds. The number of phosphoric acid groups is 1. The molecular formula is C25H32NO4P. The molecule has 0 unspecified atom stereocenters. The Kier molecular flexibility index (Phi) is 8.79. The lowest BCUT2D eigenvalue weighted by atomic mass is 9.95. The fourth-order valence-corrected chi connectivity index (χ4v) is 4.26. The molecule has 0 atom stereocenters. The molecule has 0 spiro atoms. The first-order chi connectivity index (χ1) is 15.0. The van der Waals surface area contributed by atoms with Crippen molar-refractivity contribution in [1.29, 1.82) is 0 Å². The molecule has 2 aromatic carbocycles. The zero-order valence-electron chi connectivity index (χ0n) is 18.2. The minimum Gasteiger partial charge on any atom is -0.303 e. The number of aryl methyl sites for hydroxylation is 2. The Hall–Kier alpha value is -2.04. The van der Waals surface area contributed by atoms with Crippen LogP contribution in [0.2, 0.25) is 0 Å². The number of pyridine rings is 1. The topological polar surface area (TPSA) is 79.7 Å². The van der Waals surface area contributed by atoms with Crippen molar-refractivity contribution in [2.45, 2.75) is 58.3 Å². The van der Waals surface area contributed by atoms with E-state index >= 15 is 0 Å². The van der Waals surface area contributed by atoms with Gasteiger partial charge in [-0.3, -0.25) is 9.51 Å². The smallest absolute Gasteiger partial charge is 0.303 e. The molecule has 5 nitrogen and oxygen atoms in total. The minimum absolute atomic E-state index is 0.0541. The van der Waals surface area contributed by atoms with Gasteiger partial charge in [0.2, 0.25) is 0 Å². The van der Waals surface area contributed by atoms with E-state index in [9.17, 15) is 4.57 Å². The molecule has 3 aromatic rings. The number of unbranched alkanes of at least 4 members (excludes halogenated alkanes) is 4. The Bertz CT molecular complexity index is 1010. The van der Waals surface area contributed by atoms with Crippen LogP contribution in [0, 0.1) is 0 Å². The van der Waals surface area contributed by atoms with Crippen molar-refractivity contribution < 1.29 is 18.9 Å². The van der Waals surface area contributed by atoms with E-state index in [1.807, 2.05) is 12.3 Å². The summed E-state index contributed by atoms with van der Waals surface area (Å²) in [4.78, 5) is 22.2. The molecule has 0 radical (unpaired) electrons. The molecule has 6 heteroatoms. The first-order valence-electron chi connectivity index (χ1n) is 11.1. The number of benzene rings is 2. The Morgan fingerprint density at radius 1 is 0.903 bits per heavy atom. The van der Waals surface area contributed by atoms with E-state index in [1.54, 1.807) is 0 Å². The summed E-state index contributed by atoms with van der Waals surface area (Å²) in [6, 6.07) is 17.2. The molecule has 0 aliphatic carbocycles. The van der Waals surface area contributed by atoms with E-state index in [1.165, 1.54) is 42.4 Å². The molecule has 1 heterocycles. The molecule has 31 heavy (non-hydrogen) atoms. The van der Waals surface area contributed by atoms with Gasteiger partial charge in [0.05, 0.1) is 12.1 Å². The third-order valence-corrected chi connectivity index (χ3v) is 6.06. The highest BCUT2D eigenvalue weighted by Gasteiger charge is 2.13. The summed E-state index contributed by atoms with van der Waals surface area (Å²) in [6.45, 7) is 2.29. The zero-order valence-corrected chi connectivity index (χ0v) is 19.1. The van der Waals surface area contributed by atoms with Crippen LogP contribution in [0.3, 0.4) is 0 Å². The van der Waals surface area contributed by atoms with Gasteiger partial charge in [-0.25, -0.2) is 4.57 Å². The molecule has 0 aliphatic rings. The van der Waals surface area contributed by atoms with Gasteiger partial charge in [0.1, 0.15) is 0 Å². The van der Waals surface area contributed by atoms with Crippen LogP contribution < -0.4 is 0 Å². The van der Waals surface area contributed by atoms with E-state index in [2.05, 4.69) is 58.9 Å². The highest BCUT2D eigenvalue weighted by atomic mass is 31.2. The van der Waals surface area contributed by atoms with Crippen molar-refractivity contribution >= 4 is 18.7 Å². The zero-order chi connectivity index (χ0) is 22.1. The maximum Gasteiger partial charge on any atom is 0.469 e. The van der Waals surface area contributed by atoms with Crippen molar-refractivity contribution in [1.82, 2.24) is 4.98 Å². The molecule has 1 aromatic heterocycles. The summed E-state index contributed by atoms with van der Waals surface area (Å²) in [5.74, 6) is 0. The SMILES string of the molecule is CCCCCCc1ccc(-c2ccc(CCCCOP(=O)(O)O)c3ncccc23)cc1. The Morgan fingerprint density at radius 2 is 1.68 bits per heavy atom. The normalized spacial score (nSPS) is 11.8. The molecule has 0 bridgehead atoms. The van der Waals surface area contributed by atoms with Gasteiger partial charge in [-0.05, 0) is 60.4 Å². The van der Waals surface area contributed by atoms with Crippen LogP contribution in [-0.4, -0.2) is 21.4 Å². The highest BCUT2D eigenvalue weighted by molar-refractivity contribution is 7.46. The summed E-state index contributed by atoms with van der Waals surface area (Å²) in [6.07, 6.45) is 10.2. The number of aromatic nitrogens is 1. The summed E-state index contributed by atoms with van der Waals surface area (Å²) in [7, 11) is -4.38. The van der Waals surface area contributed by atoms with Crippen molar-refractivity contribution in [3.8, 4) is 11.1 Å². The van der Waals surface area contributed by atoms with E-state index in [0.29, 0.717) is 6.42 Å². The number of hydrogen-bond donors (Lipinski definition) is 2. The van der Waals surface area contributed by atoms with Gasteiger partial charge in [-0.2, -0.15) is 0 Å². The predicted molar refractivity (Wildman–Crippen MR) is 126 cm³/mol. The van der Waals surface area contributed by atoms with Gasteiger partial charge in [0.15, 0.2) is 0 Å². The summed E-state index contributed by atoms with van der Waals surface area (Å²) in [5.41, 5.74) is 5.88. The van der Waals surface area contributed by atoms with Gasteiger partial charge in [0.25, 0.3) is 0 Å². The summed E-state index contributed by atoms with van der Waals surface area (Å²) in [5, 5.41) is 1.13. The fraction of sp³-hybridized carbons (Fsp3) is 0.400. The number of fused-ring (bicyclic) bond motifs is 1. The quantitative estimate of drug-likeness (QED) is 0.249. The molecule has 2 N–H and O–H groups in total. The minimum atomic E-state index is -4.38. The Balaban J connectivity index is 1.70. The predicted octanol–water partition coefficient (Wildman–Crippen LogP) is 6.46. The molecule has 166 valence electrons. The maximum atomic E-state index is 10.8. The fourth-order valence-electron chi connectivity index (χ4n) is 3.89. The average molecular weight is 442 g/mol. The highest BCUT2D eigenvalue weighted by Crippen LogP contribution is 2.36. The van der Waals surface area contributed by atoms with Gasteiger partial charge < -0.3 is 9.79 Å². The van der Waals surface area contributed by atoms with E-state index in [-0.39, 0.29) is 6.61 Å². The largest absolute Gasteiger partial charge is 0.469 e. The molecule has 3 rings (SSSR count). The maximum absolute atomic E-state index is 10.8. The Labute approximate surface area is 184 Å². The second-order valence-corrected chi connectivity index (χ2v) is 9.20. The monoisotopic (exact) mass is 441 g/mol. The van der Waals surface area contributed by atoms with Gasteiger partial charge in [0, 0.05) is 11.6 Å². The lowest BCUT2D eigenvalue weighted by Gasteiger charge is -2.12. The second-order valence-electron chi connectivity index (χ2n) is 7.96. The van der Waals surface area contributed by atoms with Crippen molar-refractivity contribution in [3.63, 3.8) is 0 Å². The first kappa shape index (κ1) is 23.6. The molecule has 0 saturated carbocycles. The second kappa shape index (κ2) is 11.5. The van der Waals surface area contributed by atoms with E-state index in [4.69, 9.17) is 9.79 Å². The lowest BCUT2D eigenvalue weighted by Crippen LogP contribution is -1.96. The molecule has 0 fully saturated rings. The number of phosphoric ester groups is 1. The number of rotatable bonds is 12. The van der Waals surface area contributed by atoms with Gasteiger partial charge >= 0.3 is 7.82 Å². The van der Waals surface area contributed by atoms with Crippen LogP contribution in [-0.2, 0) is 21.9 Å². The average Bonchev–Trinajstić information content (AvgIpc) is 2.76. The third kappa shape index (κ3) is 7.26. The van der Waals surface area contributed by atoms with Crippen LogP contribution in [0.25, 0.3) is 22.0 Å². The lowest BCUT2D eigenvalue weighted by molar-refractivity contribution is 0.194. The van der Waals surface area contributed by atoms with Crippen LogP contribution in [0.1, 0.15) is 56.6 Å². The third-order valence-electron chi connectivity index (χ3n) is 5.54. The van der Waals surface area contributed by atoms with Crippen molar-refractivity contribution in [2.24, 2.45) is 0 Å². The Morgan fingerprint density at radius 3 is 2.42 bits per heavy atom. The van der Waals surface area contributed by atoms with Crippen LogP contribution in [0.15, 0.2) is 54.7 Å². The molecular weight excluding hydrogens is 409 g/mol. The number of nitrogens with zero attached hydrogens (tertiary/aromatic N) is 1. The van der Waals surface area contributed by atoms with Crippen molar-refractivity contribution in [2.75, 3.05) is 6.61 Å². The van der Waals surface area contributed by atoms with Gasteiger partial charge in [-0.15, -0.1) is 0 Å². The van der Waals surface area contributed by atoms with E-state index < -0.39 is 7.82 Å². The van der Waals surface area contributed by atoms with Crippen LogP contribution in [0.5, 0.6) is 0 Å². The number of hydrogen-bond acceptors (Lipinski definition) is 3. The van der Waals surface area contributed by atoms with E-state index in [0.717, 1.165) is 35.7 Å². The molecule has 0 saturated heterocycles. The van der Waals surface area contributed by atoms with Crippen LogP contribution >= 0.6 is 7.82 Å². The summed E-state index contributed by atoms with van der Waals surface area (Å²) >= 11 is 0.